The molecular weight excluding hydrogens is 281 g/mol. The van der Waals surface area contributed by atoms with E-state index in [0.29, 0.717) is 5.56 Å². The first-order chi connectivity index (χ1) is 10.1. The second kappa shape index (κ2) is 5.05. The van der Waals surface area contributed by atoms with Crippen LogP contribution in [0, 0.1) is 24.4 Å². The number of hydrogen-bond acceptors (Lipinski definition) is 3. The van der Waals surface area contributed by atoms with Gasteiger partial charge in [0.05, 0.1) is 5.56 Å². The molecule has 0 saturated heterocycles. The van der Waals surface area contributed by atoms with Crippen LogP contribution in [0.2, 0.25) is 0 Å². The van der Waals surface area contributed by atoms with Gasteiger partial charge in [-0.3, -0.25) is 0 Å². The maximum Gasteiger partial charge on any atom is 0.251 e. The van der Waals surface area contributed by atoms with E-state index in [2.05, 4.69) is 10.2 Å². The van der Waals surface area contributed by atoms with Gasteiger partial charge in [-0.1, -0.05) is 18.2 Å². The van der Waals surface area contributed by atoms with Crippen molar-refractivity contribution in [2.45, 2.75) is 6.92 Å². The molecule has 0 atom stereocenters. The lowest BCUT2D eigenvalue weighted by Gasteiger charge is -2.00. The molecule has 0 aliphatic heterocycles. The molecule has 0 N–H and O–H groups in total. The summed E-state index contributed by atoms with van der Waals surface area (Å²) in [5.74, 6) is -4.20. The lowest BCUT2D eigenvalue weighted by Crippen LogP contribution is -1.93. The van der Waals surface area contributed by atoms with E-state index in [4.69, 9.17) is 4.42 Å². The number of rotatable bonds is 2. The monoisotopic (exact) mass is 290 g/mol. The van der Waals surface area contributed by atoms with Crippen LogP contribution in [0.5, 0.6) is 0 Å². The first-order valence-corrected chi connectivity index (χ1v) is 6.11. The third-order valence-corrected chi connectivity index (χ3v) is 3.07. The van der Waals surface area contributed by atoms with Crippen LogP contribution in [0.3, 0.4) is 0 Å². The average Bonchev–Trinajstić information content (AvgIpc) is 2.95. The Morgan fingerprint density at radius 2 is 1.48 bits per heavy atom. The van der Waals surface area contributed by atoms with Crippen molar-refractivity contribution in [2.75, 3.05) is 0 Å². The van der Waals surface area contributed by atoms with E-state index in [1.165, 1.54) is 0 Å². The highest BCUT2D eigenvalue weighted by Crippen LogP contribution is 2.28. The van der Waals surface area contributed by atoms with Gasteiger partial charge in [-0.15, -0.1) is 10.2 Å². The molecule has 0 bridgehead atoms. The summed E-state index contributed by atoms with van der Waals surface area (Å²) in [6, 6.07) is 9.15. The van der Waals surface area contributed by atoms with Crippen molar-refractivity contribution in [1.82, 2.24) is 10.2 Å². The van der Waals surface area contributed by atoms with Crippen LogP contribution in [0.1, 0.15) is 5.56 Å². The van der Waals surface area contributed by atoms with E-state index < -0.39 is 17.5 Å². The molecule has 0 unspecified atom stereocenters. The summed E-state index contributed by atoms with van der Waals surface area (Å²) in [5.41, 5.74) is 1.32. The van der Waals surface area contributed by atoms with Crippen molar-refractivity contribution >= 4 is 0 Å². The molecule has 0 spiro atoms. The summed E-state index contributed by atoms with van der Waals surface area (Å²) in [6.45, 7) is 1.86. The van der Waals surface area contributed by atoms with E-state index in [1.807, 2.05) is 19.1 Å². The summed E-state index contributed by atoms with van der Waals surface area (Å²) in [7, 11) is 0. The van der Waals surface area contributed by atoms with Crippen molar-refractivity contribution in [1.29, 1.82) is 0 Å². The molecule has 21 heavy (non-hydrogen) atoms. The maximum atomic E-state index is 13.7. The zero-order valence-corrected chi connectivity index (χ0v) is 10.9. The molecule has 0 aliphatic rings. The molecule has 3 aromatic rings. The lowest BCUT2D eigenvalue weighted by atomic mass is 10.1. The maximum absolute atomic E-state index is 13.7. The summed E-state index contributed by atoms with van der Waals surface area (Å²) in [5, 5.41) is 7.51. The molecule has 0 aliphatic carbocycles. The second-order valence-electron chi connectivity index (χ2n) is 4.45. The van der Waals surface area contributed by atoms with Crippen molar-refractivity contribution in [3.05, 3.63) is 59.4 Å². The van der Waals surface area contributed by atoms with Crippen molar-refractivity contribution in [2.24, 2.45) is 0 Å². The van der Waals surface area contributed by atoms with Gasteiger partial charge in [0.25, 0.3) is 5.89 Å². The smallest absolute Gasteiger partial charge is 0.251 e. The number of aryl methyl sites for hydroxylation is 1. The van der Waals surface area contributed by atoms with Crippen LogP contribution in [0.4, 0.5) is 13.2 Å². The Morgan fingerprint density at radius 3 is 2.19 bits per heavy atom. The minimum absolute atomic E-state index is 0.187. The van der Waals surface area contributed by atoms with Gasteiger partial charge in [0.15, 0.2) is 17.5 Å². The molecule has 2 aromatic carbocycles. The number of halogens is 3. The predicted molar refractivity (Wildman–Crippen MR) is 69.8 cm³/mol. The van der Waals surface area contributed by atoms with Gasteiger partial charge in [-0.05, 0) is 30.7 Å². The molecule has 3 rings (SSSR count). The first kappa shape index (κ1) is 13.4. The Bertz CT molecular complexity index is 814. The lowest BCUT2D eigenvalue weighted by molar-refractivity contribution is 0.446. The van der Waals surface area contributed by atoms with Crippen LogP contribution >= 0.6 is 0 Å². The van der Waals surface area contributed by atoms with Gasteiger partial charge < -0.3 is 4.42 Å². The van der Waals surface area contributed by atoms with Crippen molar-refractivity contribution in [3.63, 3.8) is 0 Å². The number of nitrogens with zero attached hydrogens (tertiary/aromatic N) is 2. The Balaban J connectivity index is 2.07. The minimum Gasteiger partial charge on any atom is -0.416 e. The summed E-state index contributed by atoms with van der Waals surface area (Å²) < 4.78 is 45.2. The first-order valence-electron chi connectivity index (χ1n) is 6.11. The van der Waals surface area contributed by atoms with E-state index in [9.17, 15) is 13.2 Å². The quantitative estimate of drug-likeness (QED) is 0.666. The van der Waals surface area contributed by atoms with E-state index in [1.54, 1.807) is 12.1 Å². The van der Waals surface area contributed by atoms with Gasteiger partial charge in [-0.25, -0.2) is 13.2 Å². The molecule has 3 nitrogen and oxygen atoms in total. The zero-order chi connectivity index (χ0) is 15.0. The predicted octanol–water partition coefficient (Wildman–Crippen LogP) is 4.13. The van der Waals surface area contributed by atoms with E-state index in [-0.39, 0.29) is 17.3 Å². The topological polar surface area (TPSA) is 38.9 Å². The van der Waals surface area contributed by atoms with Gasteiger partial charge in [0.2, 0.25) is 5.89 Å². The highest BCUT2D eigenvalue weighted by atomic mass is 19.2. The Morgan fingerprint density at radius 1 is 0.810 bits per heavy atom. The summed E-state index contributed by atoms with van der Waals surface area (Å²) in [6.07, 6.45) is 0. The fourth-order valence-corrected chi connectivity index (χ4v) is 1.94. The largest absolute Gasteiger partial charge is 0.416 e. The molecule has 106 valence electrons. The Hall–Kier alpha value is -2.63. The molecule has 0 radical (unpaired) electrons. The normalized spacial score (nSPS) is 10.9. The standard InChI is InChI=1S/C15H9F3N2O/c1-8-4-2-3-5-9(8)14-19-20-15(21-14)10-6-7-11(16)13(18)12(10)17/h2-7H,1H3. The molecule has 0 amide bonds. The SMILES string of the molecule is Cc1ccccc1-c1nnc(-c2ccc(F)c(F)c2F)o1. The summed E-state index contributed by atoms with van der Waals surface area (Å²) in [4.78, 5) is 0. The Kier molecular flexibility index (Phi) is 3.21. The van der Waals surface area contributed by atoms with Crippen LogP contribution < -0.4 is 0 Å². The number of benzene rings is 2. The fourth-order valence-electron chi connectivity index (χ4n) is 1.94. The molecule has 0 saturated carbocycles. The van der Waals surface area contributed by atoms with Gasteiger partial charge in [0.1, 0.15) is 0 Å². The van der Waals surface area contributed by atoms with Crippen LogP contribution in [0.25, 0.3) is 22.9 Å². The van der Waals surface area contributed by atoms with E-state index in [0.717, 1.165) is 17.7 Å². The van der Waals surface area contributed by atoms with Gasteiger partial charge in [0, 0.05) is 5.56 Å². The van der Waals surface area contributed by atoms with Gasteiger partial charge in [-0.2, -0.15) is 0 Å². The molecule has 6 heteroatoms. The minimum atomic E-state index is -1.57. The number of aromatic nitrogens is 2. The fraction of sp³-hybridized carbons (Fsp3) is 0.0667. The van der Waals surface area contributed by atoms with Gasteiger partial charge >= 0.3 is 0 Å². The average molecular weight is 290 g/mol. The highest BCUT2D eigenvalue weighted by molar-refractivity contribution is 5.61. The summed E-state index contributed by atoms with van der Waals surface area (Å²) >= 11 is 0. The molecule has 1 heterocycles. The van der Waals surface area contributed by atoms with Crippen molar-refractivity contribution in [3.8, 4) is 22.9 Å². The van der Waals surface area contributed by atoms with Crippen LogP contribution in [-0.2, 0) is 0 Å². The zero-order valence-electron chi connectivity index (χ0n) is 10.9. The molecule has 1 aromatic heterocycles. The Labute approximate surface area is 118 Å². The number of hydrogen-bond donors (Lipinski definition) is 0. The van der Waals surface area contributed by atoms with Crippen LogP contribution in [0.15, 0.2) is 40.8 Å². The second-order valence-corrected chi connectivity index (χ2v) is 4.45. The van der Waals surface area contributed by atoms with Crippen LogP contribution in [-0.4, -0.2) is 10.2 Å². The van der Waals surface area contributed by atoms with Crippen molar-refractivity contribution < 1.29 is 17.6 Å². The van der Waals surface area contributed by atoms with E-state index >= 15 is 0 Å². The highest BCUT2D eigenvalue weighted by Gasteiger charge is 2.19. The molecule has 0 fully saturated rings. The molecular formula is C15H9F3N2O. The third-order valence-electron chi connectivity index (χ3n) is 3.07. The third kappa shape index (κ3) is 2.29.